The smallest absolute Gasteiger partial charge is 0.320 e. The third kappa shape index (κ3) is 5.60. The Kier molecular flexibility index (Phi) is 8.71. The number of hydrogen-bond acceptors (Lipinski definition) is 5. The Hall–Kier alpha value is -3.76. The summed E-state index contributed by atoms with van der Waals surface area (Å²) in [6.07, 6.45) is 0. The molecule has 0 saturated heterocycles. The van der Waals surface area contributed by atoms with E-state index < -0.39 is 16.6 Å². The number of fused-ring (bicyclic) bond motifs is 1. The van der Waals surface area contributed by atoms with Crippen LogP contribution in [0.3, 0.4) is 0 Å². The van der Waals surface area contributed by atoms with Crippen LogP contribution in [-0.4, -0.2) is 16.6 Å². The lowest BCUT2D eigenvalue weighted by Gasteiger charge is -2.43. The van der Waals surface area contributed by atoms with Crippen LogP contribution in [0.25, 0.3) is 9.40 Å². The van der Waals surface area contributed by atoms with Crippen LogP contribution in [0.1, 0.15) is 41.5 Å². The average molecular weight is 677 g/mol. The zero-order chi connectivity index (χ0) is 32.6. The highest BCUT2D eigenvalue weighted by Crippen LogP contribution is 2.45. The monoisotopic (exact) mass is 676 g/mol. The molecule has 0 fully saturated rings. The molecule has 0 spiro atoms. The van der Waals surface area contributed by atoms with Gasteiger partial charge in [-0.05, 0) is 43.0 Å². The summed E-state index contributed by atoms with van der Waals surface area (Å²) >= 11 is 2.51. The maximum Gasteiger partial charge on any atom is 0.320 e. The molecule has 3 nitrogen and oxygen atoms in total. The average Bonchev–Trinajstić information content (AvgIpc) is 3.45. The molecular formula is C39H40O3S2Si2. The summed E-state index contributed by atoms with van der Waals surface area (Å²) < 4.78 is 16.6. The number of hydrogen-bond donors (Lipinski definition) is 0. The summed E-state index contributed by atoms with van der Waals surface area (Å²) in [5.74, 6) is 1.48. The van der Waals surface area contributed by atoms with Gasteiger partial charge in [0.25, 0.3) is 4.06 Å². The van der Waals surface area contributed by atoms with E-state index in [1.54, 1.807) is 0 Å². The van der Waals surface area contributed by atoms with Crippen molar-refractivity contribution in [2.45, 2.75) is 51.6 Å². The highest BCUT2D eigenvalue weighted by Gasteiger charge is 2.54. The number of rotatable bonds is 8. The van der Waals surface area contributed by atoms with Gasteiger partial charge in [0.05, 0.1) is 9.40 Å². The molecular weight excluding hydrogens is 637 g/mol. The van der Waals surface area contributed by atoms with E-state index in [0.717, 1.165) is 20.9 Å². The van der Waals surface area contributed by atoms with Gasteiger partial charge in [-0.3, -0.25) is 4.79 Å². The maximum absolute atomic E-state index is 13.2. The molecule has 0 N–H and O–H groups in total. The van der Waals surface area contributed by atoms with Crippen molar-refractivity contribution in [3.8, 4) is 11.5 Å². The van der Waals surface area contributed by atoms with Crippen molar-refractivity contribution >= 4 is 69.5 Å². The molecule has 1 aromatic heterocycles. The van der Waals surface area contributed by atoms with Gasteiger partial charge in [-0.25, -0.2) is 0 Å². The van der Waals surface area contributed by atoms with Crippen molar-refractivity contribution in [2.75, 3.05) is 0 Å². The molecule has 6 rings (SSSR count). The molecule has 234 valence electrons. The van der Waals surface area contributed by atoms with E-state index in [1.807, 2.05) is 12.1 Å². The highest BCUT2D eigenvalue weighted by atomic mass is 32.2. The van der Waals surface area contributed by atoms with Crippen LogP contribution in [-0.2, 0) is 0 Å². The van der Waals surface area contributed by atoms with E-state index >= 15 is 0 Å². The summed E-state index contributed by atoms with van der Waals surface area (Å²) in [6.45, 7) is 13.6. The Morgan fingerprint density at radius 2 is 0.696 bits per heavy atom. The Morgan fingerprint density at radius 3 is 0.935 bits per heavy atom. The first-order valence-electron chi connectivity index (χ1n) is 15.6. The summed E-state index contributed by atoms with van der Waals surface area (Å²) in [4.78, 5) is 13.2. The summed E-state index contributed by atoms with van der Waals surface area (Å²) in [5, 5.41) is 4.34. The largest absolute Gasteiger partial charge is 0.533 e. The van der Waals surface area contributed by atoms with Gasteiger partial charge in [0, 0.05) is 0 Å². The molecule has 0 saturated carbocycles. The summed E-state index contributed by atoms with van der Waals surface area (Å²) in [7, 11) is -5.84. The van der Waals surface area contributed by atoms with Crippen LogP contribution in [0.2, 0.25) is 10.1 Å². The first-order chi connectivity index (χ1) is 22.0. The van der Waals surface area contributed by atoms with Gasteiger partial charge in [0.1, 0.15) is 11.5 Å². The zero-order valence-corrected chi connectivity index (χ0v) is 30.9. The van der Waals surface area contributed by atoms with E-state index in [4.69, 9.17) is 8.85 Å². The van der Waals surface area contributed by atoms with Crippen LogP contribution in [0.15, 0.2) is 138 Å². The number of benzene rings is 5. The van der Waals surface area contributed by atoms with Crippen LogP contribution in [0.4, 0.5) is 0 Å². The topological polar surface area (TPSA) is 35.5 Å². The quantitative estimate of drug-likeness (QED) is 0.153. The summed E-state index contributed by atoms with van der Waals surface area (Å²) in [6, 6.07) is 46.6. The van der Waals surface area contributed by atoms with Crippen LogP contribution < -0.4 is 33.7 Å². The van der Waals surface area contributed by atoms with Crippen molar-refractivity contribution in [3.63, 3.8) is 0 Å². The zero-order valence-electron chi connectivity index (χ0n) is 27.2. The van der Waals surface area contributed by atoms with E-state index in [0.29, 0.717) is 0 Å². The fourth-order valence-electron chi connectivity index (χ4n) is 6.70. The first-order valence-corrected chi connectivity index (χ1v) is 21.1. The lowest BCUT2D eigenvalue weighted by molar-refractivity contribution is 0.505. The van der Waals surface area contributed by atoms with Crippen molar-refractivity contribution in [1.29, 1.82) is 0 Å². The van der Waals surface area contributed by atoms with Crippen molar-refractivity contribution < 1.29 is 8.85 Å². The second kappa shape index (κ2) is 12.5. The maximum atomic E-state index is 13.2. The van der Waals surface area contributed by atoms with Gasteiger partial charge in [-0.1, -0.05) is 186 Å². The molecule has 0 bridgehead atoms. The molecule has 0 atom stereocenters. The Balaban J connectivity index is 1.57. The second-order valence-corrected chi connectivity index (χ2v) is 24.4. The van der Waals surface area contributed by atoms with Gasteiger partial charge < -0.3 is 8.85 Å². The van der Waals surface area contributed by atoms with Crippen LogP contribution in [0.5, 0.6) is 11.5 Å². The fourth-order valence-corrected chi connectivity index (χ4v) is 17.8. The molecule has 7 heteroatoms. The van der Waals surface area contributed by atoms with Crippen molar-refractivity contribution in [3.05, 3.63) is 142 Å². The van der Waals surface area contributed by atoms with Gasteiger partial charge >= 0.3 is 16.6 Å². The molecule has 1 heterocycles. The second-order valence-electron chi connectivity index (χ2n) is 13.7. The molecule has 0 amide bonds. The van der Waals surface area contributed by atoms with Crippen molar-refractivity contribution in [2.24, 2.45) is 0 Å². The minimum Gasteiger partial charge on any atom is -0.533 e. The SMILES string of the molecule is CC(C)(C)[Si](Oc1ccc(O[Si](c2ccccc2)(c2ccccc2)C(C)(C)C)c2sc(=O)sc12)(c1ccccc1)c1ccccc1. The molecule has 0 aliphatic heterocycles. The third-order valence-electron chi connectivity index (χ3n) is 8.77. The fraction of sp³-hybridized carbons (Fsp3) is 0.205. The molecule has 0 unspecified atom stereocenters. The van der Waals surface area contributed by atoms with Gasteiger partial charge in [-0.2, -0.15) is 0 Å². The van der Waals surface area contributed by atoms with E-state index in [-0.39, 0.29) is 14.1 Å². The van der Waals surface area contributed by atoms with E-state index in [9.17, 15) is 4.79 Å². The standard InChI is InChI=1S/C39H40O3S2Si2/c1-38(2,3)45(29-19-11-7-12-20-29,30-21-13-8-14-22-30)41-33-27-28-34(36-35(33)43-37(40)44-36)42-46(39(4,5)6,31-23-15-9-16-24-31)32-25-17-10-18-26-32/h7-28H,1-6H3. The van der Waals surface area contributed by atoms with Crippen LogP contribution in [0, 0.1) is 0 Å². The molecule has 0 aliphatic carbocycles. The first kappa shape index (κ1) is 32.2. The van der Waals surface area contributed by atoms with Crippen LogP contribution >= 0.6 is 22.7 Å². The lowest BCUT2D eigenvalue weighted by atomic mass is 10.2. The van der Waals surface area contributed by atoms with Gasteiger partial charge in [0.2, 0.25) is 0 Å². The van der Waals surface area contributed by atoms with E-state index in [1.165, 1.54) is 43.4 Å². The predicted molar refractivity (Wildman–Crippen MR) is 202 cm³/mol. The molecule has 0 radical (unpaired) electrons. The van der Waals surface area contributed by atoms with Crippen molar-refractivity contribution in [1.82, 2.24) is 0 Å². The third-order valence-corrected chi connectivity index (χ3v) is 20.8. The Morgan fingerprint density at radius 1 is 0.435 bits per heavy atom. The van der Waals surface area contributed by atoms with E-state index in [2.05, 4.69) is 163 Å². The molecule has 6 aromatic rings. The normalized spacial score (nSPS) is 12.7. The highest BCUT2D eigenvalue weighted by molar-refractivity contribution is 7.36. The Bertz CT molecular complexity index is 1750. The lowest BCUT2D eigenvalue weighted by Crippen LogP contribution is -2.69. The molecule has 46 heavy (non-hydrogen) atoms. The summed E-state index contributed by atoms with van der Waals surface area (Å²) in [5.41, 5.74) is 0. The molecule has 5 aromatic carbocycles. The molecule has 0 aliphatic rings. The minimum absolute atomic E-state index is 0.0285. The predicted octanol–water partition coefficient (Wildman–Crippen LogP) is 8.20. The Labute approximate surface area is 282 Å². The van der Waals surface area contributed by atoms with Gasteiger partial charge in [0.15, 0.2) is 0 Å². The minimum atomic E-state index is -2.92. The van der Waals surface area contributed by atoms with Gasteiger partial charge in [-0.15, -0.1) is 0 Å².